The van der Waals surface area contributed by atoms with Crippen LogP contribution in [0.5, 0.6) is 0 Å². The van der Waals surface area contributed by atoms with Gasteiger partial charge in [-0.3, -0.25) is 4.90 Å². The maximum absolute atomic E-state index is 6.30. The molecule has 5 nitrogen and oxygen atoms in total. The van der Waals surface area contributed by atoms with Gasteiger partial charge in [0.25, 0.3) is 0 Å². The van der Waals surface area contributed by atoms with Crippen LogP contribution in [0.3, 0.4) is 0 Å². The maximum Gasteiger partial charge on any atom is 0.224 e. The van der Waals surface area contributed by atoms with Crippen molar-refractivity contribution < 1.29 is 0 Å². The van der Waals surface area contributed by atoms with Crippen LogP contribution in [0.15, 0.2) is 84.9 Å². The molecule has 1 aliphatic rings. The van der Waals surface area contributed by atoms with Crippen molar-refractivity contribution in [3.05, 3.63) is 113 Å². The number of nitrogens with one attached hydrogen (secondary N) is 1. The zero-order chi connectivity index (χ0) is 23.3. The molecule has 0 amide bonds. The van der Waals surface area contributed by atoms with Crippen LogP contribution < -0.4 is 11.1 Å². The van der Waals surface area contributed by atoms with Crippen molar-refractivity contribution in [3.63, 3.8) is 0 Å². The molecule has 1 aromatic heterocycles. The zero-order valence-corrected chi connectivity index (χ0v) is 19.7. The van der Waals surface area contributed by atoms with Gasteiger partial charge in [0.15, 0.2) is 0 Å². The normalized spacial score (nSPS) is 15.2. The Hall–Kier alpha value is -3.41. The molecule has 5 rings (SSSR count). The van der Waals surface area contributed by atoms with Crippen LogP contribution in [0.25, 0.3) is 0 Å². The molecule has 0 saturated heterocycles. The maximum atomic E-state index is 6.30. The lowest BCUT2D eigenvalue weighted by Crippen LogP contribution is -2.39. The molecule has 172 valence electrons. The second-order valence-electron chi connectivity index (χ2n) is 8.79. The number of nitrogens with zero attached hydrogens (tertiary/aromatic N) is 3. The van der Waals surface area contributed by atoms with Gasteiger partial charge in [-0.15, -0.1) is 0 Å². The third kappa shape index (κ3) is 5.38. The number of halogens is 1. The molecule has 0 radical (unpaired) electrons. The Balaban J connectivity index is 1.44. The zero-order valence-electron chi connectivity index (χ0n) is 19.0. The summed E-state index contributed by atoms with van der Waals surface area (Å²) < 4.78 is 0. The van der Waals surface area contributed by atoms with Crippen LogP contribution in [0.1, 0.15) is 28.8 Å². The summed E-state index contributed by atoms with van der Waals surface area (Å²) in [5, 5.41) is 3.71. The Labute approximate surface area is 205 Å². The first-order chi connectivity index (χ1) is 16.6. The van der Waals surface area contributed by atoms with E-state index in [1.165, 1.54) is 11.1 Å². The number of rotatable bonds is 7. The summed E-state index contributed by atoms with van der Waals surface area (Å²) in [5.41, 5.74) is 12.4. The quantitative estimate of drug-likeness (QED) is 0.256. The highest BCUT2D eigenvalue weighted by atomic mass is 35.5. The van der Waals surface area contributed by atoms with Crippen molar-refractivity contribution in [1.82, 2.24) is 14.9 Å². The fourth-order valence-electron chi connectivity index (χ4n) is 4.68. The van der Waals surface area contributed by atoms with Gasteiger partial charge in [-0.2, -0.15) is 0 Å². The lowest BCUT2D eigenvalue weighted by molar-refractivity contribution is 0.161. The van der Waals surface area contributed by atoms with Gasteiger partial charge < -0.3 is 11.1 Å². The molecule has 1 heterocycles. The van der Waals surface area contributed by atoms with E-state index in [1.807, 2.05) is 24.3 Å². The molecular formula is C28H28ClN5. The SMILES string of the molecule is Nc1cccc(Nc2nc(Cl)nc3c2CC(N(Cc2ccccc2)Cc2ccccc2)CC3)c1. The summed E-state index contributed by atoms with van der Waals surface area (Å²) in [4.78, 5) is 11.7. The van der Waals surface area contributed by atoms with Crippen molar-refractivity contribution in [2.45, 2.75) is 38.4 Å². The molecule has 1 atom stereocenters. The molecule has 1 unspecified atom stereocenters. The van der Waals surface area contributed by atoms with Crippen LogP contribution in [-0.4, -0.2) is 20.9 Å². The number of fused-ring (bicyclic) bond motifs is 1. The van der Waals surface area contributed by atoms with Gasteiger partial charge in [0.1, 0.15) is 5.82 Å². The Morgan fingerprint density at radius 3 is 2.21 bits per heavy atom. The lowest BCUT2D eigenvalue weighted by atomic mass is 9.90. The Morgan fingerprint density at radius 1 is 0.882 bits per heavy atom. The number of aromatic nitrogens is 2. The minimum Gasteiger partial charge on any atom is -0.399 e. The number of anilines is 3. The number of aryl methyl sites for hydroxylation is 1. The number of benzene rings is 3. The molecular weight excluding hydrogens is 442 g/mol. The average Bonchev–Trinajstić information content (AvgIpc) is 2.85. The summed E-state index contributed by atoms with van der Waals surface area (Å²) in [7, 11) is 0. The van der Waals surface area contributed by atoms with E-state index in [0.29, 0.717) is 11.7 Å². The molecule has 6 heteroatoms. The highest BCUT2D eigenvalue weighted by Gasteiger charge is 2.28. The van der Waals surface area contributed by atoms with Gasteiger partial charge in [0.05, 0.1) is 5.69 Å². The first-order valence-electron chi connectivity index (χ1n) is 11.6. The minimum absolute atomic E-state index is 0.272. The number of nitrogens with two attached hydrogens (primary N) is 1. The van der Waals surface area contributed by atoms with Gasteiger partial charge in [0.2, 0.25) is 5.28 Å². The average molecular weight is 470 g/mol. The van der Waals surface area contributed by atoms with E-state index in [0.717, 1.165) is 55.1 Å². The number of hydrogen-bond acceptors (Lipinski definition) is 5. The highest BCUT2D eigenvalue weighted by molar-refractivity contribution is 6.28. The summed E-state index contributed by atoms with van der Waals surface area (Å²) >= 11 is 6.30. The van der Waals surface area contributed by atoms with Crippen molar-refractivity contribution >= 4 is 28.8 Å². The van der Waals surface area contributed by atoms with Gasteiger partial charge in [0, 0.05) is 36.1 Å². The largest absolute Gasteiger partial charge is 0.399 e. The smallest absolute Gasteiger partial charge is 0.224 e. The number of nitrogen functional groups attached to an aromatic ring is 1. The predicted molar refractivity (Wildman–Crippen MR) is 139 cm³/mol. The van der Waals surface area contributed by atoms with Crippen molar-refractivity contribution in [2.24, 2.45) is 0 Å². The van der Waals surface area contributed by atoms with E-state index in [1.54, 1.807) is 0 Å². The Bertz CT molecular complexity index is 1200. The third-order valence-corrected chi connectivity index (χ3v) is 6.51. The highest BCUT2D eigenvalue weighted by Crippen LogP contribution is 2.32. The summed E-state index contributed by atoms with van der Waals surface area (Å²) in [5.74, 6) is 0.768. The van der Waals surface area contributed by atoms with Gasteiger partial charge in [-0.25, -0.2) is 9.97 Å². The molecule has 0 aliphatic heterocycles. The third-order valence-electron chi connectivity index (χ3n) is 6.34. The van der Waals surface area contributed by atoms with Crippen LogP contribution in [-0.2, 0) is 25.9 Å². The van der Waals surface area contributed by atoms with Gasteiger partial charge in [-0.05, 0) is 60.2 Å². The molecule has 0 bridgehead atoms. The monoisotopic (exact) mass is 469 g/mol. The van der Waals surface area contributed by atoms with E-state index < -0.39 is 0 Å². The fourth-order valence-corrected chi connectivity index (χ4v) is 4.87. The van der Waals surface area contributed by atoms with Gasteiger partial charge >= 0.3 is 0 Å². The molecule has 0 spiro atoms. The predicted octanol–water partition coefficient (Wildman–Crippen LogP) is 6.02. The van der Waals surface area contributed by atoms with E-state index in [-0.39, 0.29) is 5.28 Å². The minimum atomic E-state index is 0.272. The van der Waals surface area contributed by atoms with E-state index >= 15 is 0 Å². The molecule has 4 aromatic rings. The van der Waals surface area contributed by atoms with Crippen molar-refractivity contribution in [1.29, 1.82) is 0 Å². The van der Waals surface area contributed by atoms with E-state index in [2.05, 4.69) is 80.8 Å². The summed E-state index contributed by atoms with van der Waals surface area (Å²) in [6, 6.07) is 29.4. The molecule has 3 N–H and O–H groups in total. The summed E-state index contributed by atoms with van der Waals surface area (Å²) in [6.07, 6.45) is 2.75. The lowest BCUT2D eigenvalue weighted by Gasteiger charge is -2.35. The first-order valence-corrected chi connectivity index (χ1v) is 12.0. The Morgan fingerprint density at radius 2 is 1.56 bits per heavy atom. The van der Waals surface area contributed by atoms with Crippen LogP contribution in [0, 0.1) is 0 Å². The Kier molecular flexibility index (Phi) is 6.74. The standard InChI is InChI=1S/C28H28ClN5/c29-28-32-26-15-14-24(17-25(26)27(33-28)31-23-13-7-12-22(30)16-23)34(18-20-8-3-1-4-9-20)19-21-10-5-2-6-11-21/h1-13,16,24H,14-15,17-19,30H2,(H,31,32,33). The van der Waals surface area contributed by atoms with E-state index in [9.17, 15) is 0 Å². The van der Waals surface area contributed by atoms with Crippen molar-refractivity contribution in [3.8, 4) is 0 Å². The second-order valence-corrected chi connectivity index (χ2v) is 9.13. The summed E-state index contributed by atoms with van der Waals surface area (Å²) in [6.45, 7) is 1.78. The fraction of sp³-hybridized carbons (Fsp3) is 0.214. The molecule has 1 aliphatic carbocycles. The molecule has 3 aromatic carbocycles. The second kappa shape index (κ2) is 10.2. The van der Waals surface area contributed by atoms with Crippen molar-refractivity contribution in [2.75, 3.05) is 11.1 Å². The first kappa shape index (κ1) is 22.4. The molecule has 34 heavy (non-hydrogen) atoms. The van der Waals surface area contributed by atoms with Gasteiger partial charge in [-0.1, -0.05) is 66.7 Å². The topological polar surface area (TPSA) is 67.1 Å². The van der Waals surface area contributed by atoms with Crippen LogP contribution >= 0.6 is 11.6 Å². The molecule has 0 saturated carbocycles. The number of hydrogen-bond donors (Lipinski definition) is 2. The van der Waals surface area contributed by atoms with E-state index in [4.69, 9.17) is 17.3 Å². The molecule has 0 fully saturated rings. The van der Waals surface area contributed by atoms with Crippen LogP contribution in [0.2, 0.25) is 5.28 Å². The van der Waals surface area contributed by atoms with Crippen LogP contribution in [0.4, 0.5) is 17.2 Å².